The number of anilines is 1. The van der Waals surface area contributed by atoms with Gasteiger partial charge in [-0.3, -0.25) is 9.35 Å². The molecule has 196 valence electrons. The number of ether oxygens (including phenoxy) is 1. The Bertz CT molecular complexity index is 1670. The number of amides is 1. The Morgan fingerprint density at radius 3 is 2.45 bits per heavy atom. The number of aromatic hydroxyl groups is 1. The molecule has 0 saturated carbocycles. The molecule has 4 aromatic carbocycles. The van der Waals surface area contributed by atoms with Gasteiger partial charge in [-0.25, -0.2) is 0 Å². The summed E-state index contributed by atoms with van der Waals surface area (Å²) in [6.45, 7) is 4.08. The summed E-state index contributed by atoms with van der Waals surface area (Å²) in [5.41, 5.74) is 0.628. The first kappa shape index (κ1) is 27.1. The number of carbonyl (C=O) groups is 1. The van der Waals surface area contributed by atoms with Gasteiger partial charge in [0.25, 0.3) is 16.0 Å². The molecule has 1 amide bonds. The topological polar surface area (TPSA) is 138 Å². The standard InChI is InChI=1S/C27H24ClN3O6S/c1-3-16-12-13-22(28)26(38(34,35)36)23(16)30-31-24-20-11-6-5-8-17(20)14-21(25(24)32)27(33)29-18-9-7-10-19(15-18)37-4-2/h5-15,32H,3-4H2,1-2H3,(H,29,33)(H,34,35,36). The van der Waals surface area contributed by atoms with Gasteiger partial charge in [-0.1, -0.05) is 54.9 Å². The van der Waals surface area contributed by atoms with Crippen molar-refractivity contribution < 1.29 is 27.6 Å². The quantitative estimate of drug-likeness (QED) is 0.157. The van der Waals surface area contributed by atoms with E-state index in [1.165, 1.54) is 12.1 Å². The van der Waals surface area contributed by atoms with Crippen LogP contribution in [0.2, 0.25) is 5.02 Å². The van der Waals surface area contributed by atoms with E-state index in [0.717, 1.165) is 0 Å². The summed E-state index contributed by atoms with van der Waals surface area (Å²) in [7, 11) is -4.74. The number of aryl methyl sites for hydroxylation is 1. The van der Waals surface area contributed by atoms with Crippen LogP contribution in [0.3, 0.4) is 0 Å². The minimum Gasteiger partial charge on any atom is -0.505 e. The minimum absolute atomic E-state index is 0.0559. The van der Waals surface area contributed by atoms with Gasteiger partial charge in [0.2, 0.25) is 0 Å². The van der Waals surface area contributed by atoms with Crippen LogP contribution in [-0.4, -0.2) is 30.6 Å². The molecule has 0 spiro atoms. The highest BCUT2D eigenvalue weighted by molar-refractivity contribution is 7.86. The van der Waals surface area contributed by atoms with E-state index in [4.69, 9.17) is 16.3 Å². The first-order valence-corrected chi connectivity index (χ1v) is 13.4. The number of halogens is 1. The first-order valence-electron chi connectivity index (χ1n) is 11.6. The summed E-state index contributed by atoms with van der Waals surface area (Å²) < 4.78 is 39.4. The zero-order valence-corrected chi connectivity index (χ0v) is 22.0. The third-order valence-corrected chi connectivity index (χ3v) is 7.05. The van der Waals surface area contributed by atoms with E-state index in [1.54, 1.807) is 61.5 Å². The number of hydrogen-bond donors (Lipinski definition) is 3. The van der Waals surface area contributed by atoms with Gasteiger partial charge in [0, 0.05) is 17.1 Å². The Kier molecular flexibility index (Phi) is 7.96. The number of nitrogens with one attached hydrogen (secondary N) is 1. The van der Waals surface area contributed by atoms with Gasteiger partial charge in [0.05, 0.1) is 17.2 Å². The van der Waals surface area contributed by atoms with E-state index in [2.05, 4.69) is 15.5 Å². The Morgan fingerprint density at radius 1 is 1.00 bits per heavy atom. The fourth-order valence-corrected chi connectivity index (χ4v) is 5.12. The molecule has 4 rings (SSSR count). The smallest absolute Gasteiger partial charge is 0.298 e. The maximum atomic E-state index is 13.2. The molecule has 0 aromatic heterocycles. The highest BCUT2D eigenvalue weighted by Gasteiger charge is 2.24. The number of nitrogens with zero attached hydrogens (tertiary/aromatic N) is 2. The summed E-state index contributed by atoms with van der Waals surface area (Å²) in [6, 6.07) is 18.2. The van der Waals surface area contributed by atoms with Crippen LogP contribution in [0.4, 0.5) is 17.1 Å². The van der Waals surface area contributed by atoms with Crippen molar-refractivity contribution >= 4 is 55.5 Å². The molecule has 0 heterocycles. The highest BCUT2D eigenvalue weighted by atomic mass is 35.5. The van der Waals surface area contributed by atoms with Crippen molar-refractivity contribution in [3.05, 3.63) is 82.9 Å². The van der Waals surface area contributed by atoms with Gasteiger partial charge in [0.15, 0.2) is 5.75 Å². The van der Waals surface area contributed by atoms with Crippen molar-refractivity contribution in [2.45, 2.75) is 25.2 Å². The van der Waals surface area contributed by atoms with Crippen molar-refractivity contribution in [1.29, 1.82) is 0 Å². The summed E-state index contributed by atoms with van der Waals surface area (Å²) in [4.78, 5) is 12.6. The van der Waals surface area contributed by atoms with Crippen LogP contribution in [0, 0.1) is 0 Å². The average Bonchev–Trinajstić information content (AvgIpc) is 2.87. The van der Waals surface area contributed by atoms with Crippen LogP contribution in [0.25, 0.3) is 10.8 Å². The van der Waals surface area contributed by atoms with E-state index < -0.39 is 26.7 Å². The molecule has 9 nitrogen and oxygen atoms in total. The Hall–Kier alpha value is -3.99. The van der Waals surface area contributed by atoms with E-state index in [0.29, 0.717) is 40.8 Å². The lowest BCUT2D eigenvalue weighted by Crippen LogP contribution is -2.12. The second kappa shape index (κ2) is 11.2. The molecular formula is C27H24ClN3O6S. The van der Waals surface area contributed by atoms with E-state index >= 15 is 0 Å². The van der Waals surface area contributed by atoms with Crippen molar-refractivity contribution in [3.63, 3.8) is 0 Å². The van der Waals surface area contributed by atoms with Gasteiger partial charge in [-0.15, -0.1) is 10.2 Å². The summed E-state index contributed by atoms with van der Waals surface area (Å²) >= 11 is 6.07. The Morgan fingerprint density at radius 2 is 1.74 bits per heavy atom. The predicted molar refractivity (Wildman–Crippen MR) is 146 cm³/mol. The van der Waals surface area contributed by atoms with Crippen molar-refractivity contribution in [2.24, 2.45) is 10.2 Å². The van der Waals surface area contributed by atoms with E-state index in [-0.39, 0.29) is 22.0 Å². The number of phenols is 1. The molecule has 11 heteroatoms. The molecule has 0 saturated heterocycles. The second-order valence-electron chi connectivity index (χ2n) is 8.17. The average molecular weight is 554 g/mol. The monoisotopic (exact) mass is 553 g/mol. The van der Waals surface area contributed by atoms with Crippen LogP contribution in [0.1, 0.15) is 29.8 Å². The highest BCUT2D eigenvalue weighted by Crippen LogP contribution is 2.42. The van der Waals surface area contributed by atoms with Crippen LogP contribution in [0.15, 0.2) is 81.9 Å². The van der Waals surface area contributed by atoms with E-state index in [1.807, 2.05) is 6.92 Å². The third-order valence-electron chi connectivity index (χ3n) is 5.70. The number of hydrogen-bond acceptors (Lipinski definition) is 7. The molecule has 0 fully saturated rings. The maximum Gasteiger partial charge on any atom is 0.298 e. The molecular weight excluding hydrogens is 530 g/mol. The van der Waals surface area contributed by atoms with Gasteiger partial charge >= 0.3 is 0 Å². The SMILES string of the molecule is CCOc1cccc(NC(=O)c2cc3ccccc3c(N=Nc3c(CC)ccc(Cl)c3S(=O)(=O)O)c2O)c1. The molecule has 4 aromatic rings. The molecule has 0 aliphatic carbocycles. The molecule has 3 N–H and O–H groups in total. The largest absolute Gasteiger partial charge is 0.505 e. The van der Waals surface area contributed by atoms with E-state index in [9.17, 15) is 22.9 Å². The zero-order valence-electron chi connectivity index (χ0n) is 20.5. The number of benzene rings is 4. The molecule has 0 aliphatic rings. The van der Waals surface area contributed by atoms with Crippen molar-refractivity contribution in [2.75, 3.05) is 11.9 Å². The maximum absolute atomic E-state index is 13.2. The third kappa shape index (κ3) is 5.62. The lowest BCUT2D eigenvalue weighted by Gasteiger charge is -2.12. The molecule has 0 bridgehead atoms. The normalized spacial score (nSPS) is 11.7. The summed E-state index contributed by atoms with van der Waals surface area (Å²) in [6.07, 6.45) is 0.365. The number of carbonyl (C=O) groups excluding carboxylic acids is 1. The fourth-order valence-electron chi connectivity index (χ4n) is 3.95. The number of phenolic OH excluding ortho intramolecular Hbond substituents is 1. The first-order chi connectivity index (χ1) is 18.1. The predicted octanol–water partition coefficient (Wildman–Crippen LogP) is 7.07. The summed E-state index contributed by atoms with van der Waals surface area (Å²) in [5, 5.41) is 22.9. The van der Waals surface area contributed by atoms with Gasteiger partial charge < -0.3 is 15.2 Å². The number of fused-ring (bicyclic) bond motifs is 1. The summed E-state index contributed by atoms with van der Waals surface area (Å²) in [5.74, 6) is -0.487. The number of rotatable bonds is 8. The Labute approximate surface area is 224 Å². The zero-order chi connectivity index (χ0) is 27.4. The molecule has 38 heavy (non-hydrogen) atoms. The van der Waals surface area contributed by atoms with Crippen LogP contribution in [-0.2, 0) is 16.5 Å². The lowest BCUT2D eigenvalue weighted by atomic mass is 10.0. The Balaban J connectivity index is 1.84. The minimum atomic E-state index is -4.74. The fraction of sp³-hybridized carbons (Fsp3) is 0.148. The lowest BCUT2D eigenvalue weighted by molar-refractivity contribution is 0.102. The van der Waals surface area contributed by atoms with Crippen molar-refractivity contribution in [3.8, 4) is 11.5 Å². The van der Waals surface area contributed by atoms with Gasteiger partial charge in [-0.05, 0) is 48.6 Å². The molecule has 0 radical (unpaired) electrons. The molecule has 0 unspecified atom stereocenters. The molecule has 0 aliphatic heterocycles. The van der Waals surface area contributed by atoms with Crippen LogP contribution in [0.5, 0.6) is 11.5 Å². The second-order valence-corrected chi connectivity index (χ2v) is 9.94. The van der Waals surface area contributed by atoms with Crippen molar-refractivity contribution in [1.82, 2.24) is 0 Å². The van der Waals surface area contributed by atoms with Gasteiger partial charge in [0.1, 0.15) is 22.0 Å². The number of azo groups is 1. The van der Waals surface area contributed by atoms with Crippen LogP contribution >= 0.6 is 11.6 Å². The van der Waals surface area contributed by atoms with Crippen LogP contribution < -0.4 is 10.1 Å². The molecule has 0 atom stereocenters. The van der Waals surface area contributed by atoms with Gasteiger partial charge in [-0.2, -0.15) is 8.42 Å².